The van der Waals surface area contributed by atoms with Crippen LogP contribution >= 0.6 is 12.4 Å². The number of likely N-dealkylation sites (N-methyl/N-ethyl adjacent to an activating group) is 1. The van der Waals surface area contributed by atoms with E-state index in [-0.39, 0.29) is 18.3 Å². The molecule has 0 aliphatic carbocycles. The van der Waals surface area contributed by atoms with Crippen LogP contribution in [0.5, 0.6) is 0 Å². The van der Waals surface area contributed by atoms with Crippen LogP contribution in [0.4, 0.5) is 5.69 Å². The molecule has 2 rings (SSSR count). The van der Waals surface area contributed by atoms with Crippen LogP contribution in [0.1, 0.15) is 10.4 Å². The standard InChI is InChI=1S/C11H16N4O.ClH/c1-14-4-6-15(7-5-14)11(16)9-8-13-3-2-10(9)12;/h2-3,8H,4-7H2,1H3,(H2,12,13);1H. The van der Waals surface area contributed by atoms with E-state index in [2.05, 4.69) is 16.9 Å². The Morgan fingerprint density at radius 1 is 1.35 bits per heavy atom. The van der Waals surface area contributed by atoms with Crippen molar-refractivity contribution in [3.8, 4) is 0 Å². The maximum Gasteiger partial charge on any atom is 0.257 e. The number of hydrogen-bond donors (Lipinski definition) is 1. The average molecular weight is 257 g/mol. The summed E-state index contributed by atoms with van der Waals surface area (Å²) in [6.45, 7) is 3.32. The molecule has 1 aromatic heterocycles. The molecule has 1 aromatic rings. The fourth-order valence-corrected chi connectivity index (χ4v) is 1.76. The van der Waals surface area contributed by atoms with E-state index in [4.69, 9.17) is 5.73 Å². The number of nitrogens with zero attached hydrogens (tertiary/aromatic N) is 3. The molecule has 5 nitrogen and oxygen atoms in total. The molecule has 1 aliphatic rings. The molecule has 17 heavy (non-hydrogen) atoms. The highest BCUT2D eigenvalue weighted by Crippen LogP contribution is 2.13. The van der Waals surface area contributed by atoms with Gasteiger partial charge in [0, 0.05) is 44.3 Å². The minimum Gasteiger partial charge on any atom is -0.398 e. The molecule has 1 amide bonds. The van der Waals surface area contributed by atoms with Gasteiger partial charge in [0.2, 0.25) is 0 Å². The highest BCUT2D eigenvalue weighted by Gasteiger charge is 2.21. The summed E-state index contributed by atoms with van der Waals surface area (Å²) in [5.74, 6) is -0.0151. The molecule has 0 bridgehead atoms. The molecule has 0 saturated carbocycles. The van der Waals surface area contributed by atoms with Gasteiger partial charge in [-0.1, -0.05) is 0 Å². The zero-order valence-corrected chi connectivity index (χ0v) is 10.6. The molecule has 1 fully saturated rings. The summed E-state index contributed by atoms with van der Waals surface area (Å²) in [5, 5.41) is 0. The average Bonchev–Trinajstić information content (AvgIpc) is 2.30. The first kappa shape index (κ1) is 13.7. The number of amides is 1. The Morgan fingerprint density at radius 2 is 2.00 bits per heavy atom. The summed E-state index contributed by atoms with van der Waals surface area (Å²) in [5.41, 5.74) is 6.76. The smallest absolute Gasteiger partial charge is 0.257 e. The summed E-state index contributed by atoms with van der Waals surface area (Å²) in [6.07, 6.45) is 3.13. The van der Waals surface area contributed by atoms with Crippen LogP contribution in [0.25, 0.3) is 0 Å². The highest BCUT2D eigenvalue weighted by atomic mass is 35.5. The van der Waals surface area contributed by atoms with Crippen molar-refractivity contribution >= 4 is 24.0 Å². The third-order valence-corrected chi connectivity index (χ3v) is 2.88. The van der Waals surface area contributed by atoms with Gasteiger partial charge < -0.3 is 15.5 Å². The van der Waals surface area contributed by atoms with Gasteiger partial charge in [0.05, 0.1) is 5.56 Å². The van der Waals surface area contributed by atoms with Crippen LogP contribution < -0.4 is 5.73 Å². The van der Waals surface area contributed by atoms with Crippen LogP contribution in [0.3, 0.4) is 0 Å². The lowest BCUT2D eigenvalue weighted by atomic mass is 10.2. The van der Waals surface area contributed by atoms with Crippen molar-refractivity contribution in [2.45, 2.75) is 0 Å². The number of hydrogen-bond acceptors (Lipinski definition) is 4. The first-order valence-corrected chi connectivity index (χ1v) is 5.36. The molecule has 0 unspecified atom stereocenters. The van der Waals surface area contributed by atoms with E-state index in [1.165, 1.54) is 6.20 Å². The Labute approximate surface area is 107 Å². The number of rotatable bonds is 1. The second-order valence-corrected chi connectivity index (χ2v) is 4.06. The van der Waals surface area contributed by atoms with E-state index >= 15 is 0 Å². The predicted molar refractivity (Wildman–Crippen MR) is 69.3 cm³/mol. The highest BCUT2D eigenvalue weighted by molar-refractivity contribution is 5.98. The van der Waals surface area contributed by atoms with Gasteiger partial charge in [0.1, 0.15) is 0 Å². The van der Waals surface area contributed by atoms with Crippen molar-refractivity contribution in [2.24, 2.45) is 0 Å². The normalized spacial score (nSPS) is 16.4. The Hall–Kier alpha value is -1.33. The first-order valence-electron chi connectivity index (χ1n) is 5.36. The molecule has 94 valence electrons. The Bertz CT molecular complexity index is 391. The fraction of sp³-hybridized carbons (Fsp3) is 0.455. The van der Waals surface area contributed by atoms with Gasteiger partial charge in [-0.3, -0.25) is 9.78 Å². The zero-order chi connectivity index (χ0) is 11.5. The summed E-state index contributed by atoms with van der Waals surface area (Å²) in [6, 6.07) is 1.66. The second kappa shape index (κ2) is 5.84. The van der Waals surface area contributed by atoms with E-state index in [0.717, 1.165) is 26.2 Å². The SMILES string of the molecule is CN1CCN(C(=O)c2cnccc2N)CC1.Cl. The molecule has 2 N–H and O–H groups in total. The predicted octanol–water partition coefficient (Wildman–Crippen LogP) is 0.473. The van der Waals surface area contributed by atoms with Crippen molar-refractivity contribution < 1.29 is 4.79 Å². The maximum atomic E-state index is 12.1. The van der Waals surface area contributed by atoms with E-state index in [0.29, 0.717) is 11.3 Å². The topological polar surface area (TPSA) is 62.5 Å². The summed E-state index contributed by atoms with van der Waals surface area (Å²) in [7, 11) is 2.06. The number of carbonyl (C=O) groups is 1. The summed E-state index contributed by atoms with van der Waals surface area (Å²) < 4.78 is 0. The molecule has 2 heterocycles. The lowest BCUT2D eigenvalue weighted by molar-refractivity contribution is 0.0665. The minimum absolute atomic E-state index is 0. The monoisotopic (exact) mass is 256 g/mol. The van der Waals surface area contributed by atoms with E-state index < -0.39 is 0 Å². The maximum absolute atomic E-state index is 12.1. The third kappa shape index (κ3) is 3.08. The van der Waals surface area contributed by atoms with Gasteiger partial charge in [-0.25, -0.2) is 0 Å². The molecule has 0 atom stereocenters. The molecular weight excluding hydrogens is 240 g/mol. The number of piperazine rings is 1. The number of halogens is 1. The Balaban J connectivity index is 0.00000144. The van der Waals surface area contributed by atoms with Crippen LogP contribution in [0, 0.1) is 0 Å². The number of aromatic nitrogens is 1. The zero-order valence-electron chi connectivity index (χ0n) is 9.80. The van der Waals surface area contributed by atoms with Crippen molar-refractivity contribution in [3.05, 3.63) is 24.0 Å². The van der Waals surface area contributed by atoms with Gasteiger partial charge in [-0.05, 0) is 13.1 Å². The van der Waals surface area contributed by atoms with Gasteiger partial charge in [0.25, 0.3) is 5.91 Å². The number of nitrogens with two attached hydrogens (primary N) is 1. The second-order valence-electron chi connectivity index (χ2n) is 4.06. The molecular formula is C11H17ClN4O. The van der Waals surface area contributed by atoms with Gasteiger partial charge in [0.15, 0.2) is 0 Å². The molecule has 6 heteroatoms. The van der Waals surface area contributed by atoms with Gasteiger partial charge in [-0.15, -0.1) is 12.4 Å². The molecule has 0 aromatic carbocycles. The quantitative estimate of drug-likeness (QED) is 0.794. The number of carbonyl (C=O) groups excluding carboxylic acids is 1. The van der Waals surface area contributed by atoms with Crippen LogP contribution in [-0.2, 0) is 0 Å². The van der Waals surface area contributed by atoms with Crippen molar-refractivity contribution in [3.63, 3.8) is 0 Å². The number of pyridine rings is 1. The third-order valence-electron chi connectivity index (χ3n) is 2.88. The Kier molecular flexibility index (Phi) is 4.72. The number of anilines is 1. The number of nitrogen functional groups attached to an aromatic ring is 1. The molecule has 1 saturated heterocycles. The molecule has 0 spiro atoms. The van der Waals surface area contributed by atoms with Crippen LogP contribution in [-0.4, -0.2) is 53.9 Å². The first-order chi connectivity index (χ1) is 7.68. The van der Waals surface area contributed by atoms with Gasteiger partial charge in [-0.2, -0.15) is 0 Å². The summed E-state index contributed by atoms with van der Waals surface area (Å²) in [4.78, 5) is 20.1. The van der Waals surface area contributed by atoms with E-state index in [1.54, 1.807) is 12.3 Å². The minimum atomic E-state index is -0.0151. The van der Waals surface area contributed by atoms with Crippen molar-refractivity contribution in [2.75, 3.05) is 39.0 Å². The van der Waals surface area contributed by atoms with Gasteiger partial charge >= 0.3 is 0 Å². The van der Waals surface area contributed by atoms with E-state index in [1.807, 2.05) is 4.90 Å². The Morgan fingerprint density at radius 3 is 2.59 bits per heavy atom. The van der Waals surface area contributed by atoms with Crippen molar-refractivity contribution in [1.82, 2.24) is 14.8 Å². The molecule has 1 aliphatic heterocycles. The van der Waals surface area contributed by atoms with Crippen molar-refractivity contribution in [1.29, 1.82) is 0 Å². The largest absolute Gasteiger partial charge is 0.398 e. The lowest BCUT2D eigenvalue weighted by Gasteiger charge is -2.32. The van der Waals surface area contributed by atoms with Crippen LogP contribution in [0.15, 0.2) is 18.5 Å². The molecule has 0 radical (unpaired) electrons. The van der Waals surface area contributed by atoms with Crippen LogP contribution in [0.2, 0.25) is 0 Å². The lowest BCUT2D eigenvalue weighted by Crippen LogP contribution is -2.47. The summed E-state index contributed by atoms with van der Waals surface area (Å²) >= 11 is 0. The fourth-order valence-electron chi connectivity index (χ4n) is 1.76. The van der Waals surface area contributed by atoms with E-state index in [9.17, 15) is 4.79 Å².